The number of hydrazone groups is 1. The van der Waals surface area contributed by atoms with E-state index in [9.17, 15) is 9.18 Å². The molecule has 0 unspecified atom stereocenters. The molecule has 9 heteroatoms. The fourth-order valence-corrected chi connectivity index (χ4v) is 2.06. The third kappa shape index (κ3) is 2.94. The maximum Gasteiger partial charge on any atom is 0.291 e. The van der Waals surface area contributed by atoms with Gasteiger partial charge in [0, 0.05) is 13.6 Å². The molecule has 0 saturated carbocycles. The number of halogens is 2. The molecule has 2 rings (SSSR count). The van der Waals surface area contributed by atoms with Crippen LogP contribution >= 0.6 is 11.6 Å². The molecule has 2 aromatic heterocycles. The highest BCUT2D eigenvalue weighted by Gasteiger charge is 2.16. The summed E-state index contributed by atoms with van der Waals surface area (Å²) >= 11 is 5.90. The third-order valence-electron chi connectivity index (χ3n) is 2.87. The van der Waals surface area contributed by atoms with Crippen LogP contribution in [0.1, 0.15) is 28.7 Å². The summed E-state index contributed by atoms with van der Waals surface area (Å²) in [5, 5.41) is 11.8. The smallest absolute Gasteiger partial charge is 0.266 e. The summed E-state index contributed by atoms with van der Waals surface area (Å²) in [5.74, 6) is -1.04. The molecule has 0 aliphatic heterocycles. The second kappa shape index (κ2) is 6.04. The molecule has 0 saturated heterocycles. The quantitative estimate of drug-likeness (QED) is 0.686. The van der Waals surface area contributed by atoms with Gasteiger partial charge in [-0.25, -0.2) is 10.1 Å². The van der Waals surface area contributed by atoms with E-state index in [1.54, 1.807) is 6.92 Å². The zero-order valence-electron chi connectivity index (χ0n) is 11.8. The van der Waals surface area contributed by atoms with Crippen molar-refractivity contribution in [1.29, 1.82) is 0 Å². The van der Waals surface area contributed by atoms with Crippen molar-refractivity contribution in [2.24, 2.45) is 12.1 Å². The van der Waals surface area contributed by atoms with E-state index in [2.05, 4.69) is 20.7 Å². The van der Waals surface area contributed by atoms with E-state index in [-0.39, 0.29) is 16.3 Å². The summed E-state index contributed by atoms with van der Waals surface area (Å²) in [6.07, 6.45) is 2.59. The van der Waals surface area contributed by atoms with Crippen LogP contribution in [0.4, 0.5) is 4.39 Å². The lowest BCUT2D eigenvalue weighted by Gasteiger charge is -2.03. The molecule has 2 heterocycles. The fourth-order valence-electron chi connectivity index (χ4n) is 1.83. The molecular formula is C12H14ClFN6O. The van der Waals surface area contributed by atoms with Crippen molar-refractivity contribution in [3.63, 3.8) is 0 Å². The Hall–Kier alpha value is -2.22. The number of hydrogen-bond donors (Lipinski definition) is 1. The van der Waals surface area contributed by atoms with Gasteiger partial charge in [-0.1, -0.05) is 11.6 Å². The first kappa shape index (κ1) is 15.2. The molecule has 0 aliphatic rings. The standard InChI is InChI=1S/C12H14ClFN6O/c1-4-20-10(9(13)6-16-20)12(21)17-15-5-8-7(2)18-19(3)11(8)14/h5-6H,4H2,1-3H3,(H,17,21)/b15-5-. The van der Waals surface area contributed by atoms with Gasteiger partial charge in [0.25, 0.3) is 5.91 Å². The van der Waals surface area contributed by atoms with Gasteiger partial charge in [-0.3, -0.25) is 9.48 Å². The average Bonchev–Trinajstić information content (AvgIpc) is 2.93. The predicted molar refractivity (Wildman–Crippen MR) is 75.9 cm³/mol. The first-order chi connectivity index (χ1) is 9.95. The Morgan fingerprint density at radius 3 is 2.90 bits per heavy atom. The minimum absolute atomic E-state index is 0.208. The average molecular weight is 313 g/mol. The van der Waals surface area contributed by atoms with Gasteiger partial charge in [0.05, 0.1) is 28.7 Å². The highest BCUT2D eigenvalue weighted by Crippen LogP contribution is 2.14. The van der Waals surface area contributed by atoms with Gasteiger partial charge in [-0.05, 0) is 13.8 Å². The Kier molecular flexibility index (Phi) is 4.37. The minimum Gasteiger partial charge on any atom is -0.266 e. The van der Waals surface area contributed by atoms with E-state index in [0.717, 1.165) is 4.68 Å². The predicted octanol–water partition coefficient (Wildman–Crippen LogP) is 1.50. The molecule has 0 spiro atoms. The number of hydrogen-bond acceptors (Lipinski definition) is 4. The van der Waals surface area contributed by atoms with Gasteiger partial charge in [-0.2, -0.15) is 19.7 Å². The molecule has 1 amide bonds. The summed E-state index contributed by atoms with van der Waals surface area (Å²) in [6, 6.07) is 0. The summed E-state index contributed by atoms with van der Waals surface area (Å²) in [7, 11) is 1.48. The second-order valence-electron chi connectivity index (χ2n) is 4.27. The molecular weight excluding hydrogens is 299 g/mol. The maximum atomic E-state index is 13.7. The number of carbonyl (C=O) groups excluding carboxylic acids is 1. The van der Waals surface area contributed by atoms with Gasteiger partial charge in [0.1, 0.15) is 5.69 Å². The van der Waals surface area contributed by atoms with Crippen molar-refractivity contribution in [3.05, 3.63) is 34.1 Å². The molecule has 2 aromatic rings. The van der Waals surface area contributed by atoms with Crippen LogP contribution in [0.25, 0.3) is 0 Å². The first-order valence-corrected chi connectivity index (χ1v) is 6.57. The van der Waals surface area contributed by atoms with Crippen molar-refractivity contribution >= 4 is 23.7 Å². The molecule has 21 heavy (non-hydrogen) atoms. The third-order valence-corrected chi connectivity index (χ3v) is 3.14. The molecule has 0 fully saturated rings. The maximum absolute atomic E-state index is 13.7. The normalized spacial score (nSPS) is 11.3. The summed E-state index contributed by atoms with van der Waals surface area (Å²) in [6.45, 7) is 3.97. The highest BCUT2D eigenvalue weighted by atomic mass is 35.5. The van der Waals surface area contributed by atoms with Crippen molar-refractivity contribution in [3.8, 4) is 0 Å². The molecule has 1 N–H and O–H groups in total. The SMILES string of the molecule is CCn1ncc(Cl)c1C(=O)N/N=C\c1c(C)nn(C)c1F. The lowest BCUT2D eigenvalue weighted by Crippen LogP contribution is -2.22. The zero-order valence-corrected chi connectivity index (χ0v) is 12.5. The Balaban J connectivity index is 2.14. The molecule has 112 valence electrons. The zero-order chi connectivity index (χ0) is 15.6. The van der Waals surface area contributed by atoms with Crippen LogP contribution in [0.2, 0.25) is 5.02 Å². The fraction of sp³-hybridized carbons (Fsp3) is 0.333. The number of amides is 1. The van der Waals surface area contributed by atoms with Crippen LogP contribution < -0.4 is 5.43 Å². The number of nitrogens with zero attached hydrogens (tertiary/aromatic N) is 5. The van der Waals surface area contributed by atoms with Crippen molar-refractivity contribution < 1.29 is 9.18 Å². The van der Waals surface area contributed by atoms with Gasteiger partial charge in [0.2, 0.25) is 5.95 Å². The first-order valence-electron chi connectivity index (χ1n) is 6.19. The summed E-state index contributed by atoms with van der Waals surface area (Å²) in [5.41, 5.74) is 3.19. The Bertz CT molecular complexity index is 705. The van der Waals surface area contributed by atoms with Crippen molar-refractivity contribution in [2.45, 2.75) is 20.4 Å². The molecule has 7 nitrogen and oxygen atoms in total. The topological polar surface area (TPSA) is 77.1 Å². The lowest BCUT2D eigenvalue weighted by atomic mass is 10.3. The van der Waals surface area contributed by atoms with Crippen LogP contribution in [0.15, 0.2) is 11.3 Å². The number of rotatable bonds is 4. The van der Waals surface area contributed by atoms with E-state index in [1.807, 2.05) is 6.92 Å². The van der Waals surface area contributed by atoms with E-state index >= 15 is 0 Å². The van der Waals surface area contributed by atoms with Crippen molar-refractivity contribution in [2.75, 3.05) is 0 Å². The molecule has 0 aliphatic carbocycles. The van der Waals surface area contributed by atoms with E-state index in [0.29, 0.717) is 12.2 Å². The van der Waals surface area contributed by atoms with Crippen LogP contribution in [0.5, 0.6) is 0 Å². The van der Waals surface area contributed by atoms with Crippen LogP contribution in [0, 0.1) is 12.9 Å². The number of carbonyl (C=O) groups is 1. The van der Waals surface area contributed by atoms with Crippen LogP contribution in [0.3, 0.4) is 0 Å². The molecule has 0 aromatic carbocycles. The Morgan fingerprint density at radius 2 is 2.33 bits per heavy atom. The van der Waals surface area contributed by atoms with E-state index in [1.165, 1.54) is 24.1 Å². The van der Waals surface area contributed by atoms with E-state index in [4.69, 9.17) is 11.6 Å². The molecule has 0 bridgehead atoms. The monoisotopic (exact) mass is 312 g/mol. The number of nitrogens with one attached hydrogen (secondary N) is 1. The van der Waals surface area contributed by atoms with Gasteiger partial charge in [-0.15, -0.1) is 0 Å². The number of aromatic nitrogens is 4. The van der Waals surface area contributed by atoms with Gasteiger partial charge < -0.3 is 0 Å². The summed E-state index contributed by atoms with van der Waals surface area (Å²) in [4.78, 5) is 12.0. The van der Waals surface area contributed by atoms with Gasteiger partial charge in [0.15, 0.2) is 0 Å². The van der Waals surface area contributed by atoms with Crippen molar-refractivity contribution in [1.82, 2.24) is 25.0 Å². The largest absolute Gasteiger partial charge is 0.291 e. The van der Waals surface area contributed by atoms with Crippen LogP contribution in [-0.4, -0.2) is 31.7 Å². The van der Waals surface area contributed by atoms with Crippen LogP contribution in [-0.2, 0) is 13.6 Å². The van der Waals surface area contributed by atoms with Gasteiger partial charge >= 0.3 is 0 Å². The molecule has 0 atom stereocenters. The Labute approximate surface area is 125 Å². The second-order valence-corrected chi connectivity index (χ2v) is 4.68. The Morgan fingerprint density at radius 1 is 1.62 bits per heavy atom. The lowest BCUT2D eigenvalue weighted by molar-refractivity contribution is 0.0944. The molecule has 0 radical (unpaired) electrons. The number of aryl methyl sites for hydroxylation is 3. The van der Waals surface area contributed by atoms with E-state index < -0.39 is 11.9 Å². The highest BCUT2D eigenvalue weighted by molar-refractivity contribution is 6.33. The minimum atomic E-state index is -0.526. The summed E-state index contributed by atoms with van der Waals surface area (Å²) < 4.78 is 16.2.